The lowest BCUT2D eigenvalue weighted by Gasteiger charge is -2.27. The normalized spacial score (nSPS) is 15.0. The number of carbonyl (C=O) groups excluding carboxylic acids is 1. The third kappa shape index (κ3) is 2.82. The zero-order valence-electron chi connectivity index (χ0n) is 12.3. The lowest BCUT2D eigenvalue weighted by molar-refractivity contribution is 0.0723. The molecule has 0 unspecified atom stereocenters. The second-order valence-corrected chi connectivity index (χ2v) is 5.50. The molecule has 0 N–H and O–H groups in total. The minimum Gasteiger partial charge on any atom is -0.339 e. The lowest BCUT2D eigenvalue weighted by Crippen LogP contribution is -2.36. The number of amides is 1. The van der Waals surface area contributed by atoms with Crippen LogP contribution in [-0.4, -0.2) is 28.9 Å². The Labute approximate surface area is 125 Å². The zero-order chi connectivity index (χ0) is 14.7. The SMILES string of the molecule is Cc1c(-c2ccccc2)[c]ncc1C(=O)N1CCCCC1. The molecule has 3 heteroatoms. The van der Waals surface area contributed by atoms with Gasteiger partial charge in [0.05, 0.1) is 11.8 Å². The summed E-state index contributed by atoms with van der Waals surface area (Å²) in [7, 11) is 0. The summed E-state index contributed by atoms with van der Waals surface area (Å²) < 4.78 is 0. The van der Waals surface area contributed by atoms with Crippen molar-refractivity contribution in [2.24, 2.45) is 0 Å². The van der Waals surface area contributed by atoms with Gasteiger partial charge < -0.3 is 4.90 Å². The minimum absolute atomic E-state index is 0.103. The van der Waals surface area contributed by atoms with Crippen molar-refractivity contribution < 1.29 is 4.79 Å². The van der Waals surface area contributed by atoms with Gasteiger partial charge in [0, 0.05) is 24.8 Å². The van der Waals surface area contributed by atoms with Crippen LogP contribution in [0.5, 0.6) is 0 Å². The number of nitrogens with zero attached hydrogens (tertiary/aromatic N) is 2. The maximum absolute atomic E-state index is 12.7. The summed E-state index contributed by atoms with van der Waals surface area (Å²) in [5.74, 6) is 0.103. The van der Waals surface area contributed by atoms with E-state index in [1.807, 2.05) is 42.2 Å². The predicted molar refractivity (Wildman–Crippen MR) is 83.0 cm³/mol. The number of piperidine rings is 1. The fourth-order valence-electron chi connectivity index (χ4n) is 2.85. The monoisotopic (exact) mass is 279 g/mol. The molecule has 0 bridgehead atoms. The first kappa shape index (κ1) is 13.8. The summed E-state index contributed by atoms with van der Waals surface area (Å²) in [4.78, 5) is 18.8. The maximum atomic E-state index is 12.7. The number of benzene rings is 1. The average molecular weight is 279 g/mol. The minimum atomic E-state index is 0.103. The van der Waals surface area contributed by atoms with Crippen molar-refractivity contribution >= 4 is 5.91 Å². The van der Waals surface area contributed by atoms with E-state index < -0.39 is 0 Å². The van der Waals surface area contributed by atoms with E-state index in [2.05, 4.69) is 11.2 Å². The van der Waals surface area contributed by atoms with Gasteiger partial charge in [-0.1, -0.05) is 30.3 Å². The van der Waals surface area contributed by atoms with Crippen LogP contribution in [0.15, 0.2) is 36.5 Å². The van der Waals surface area contributed by atoms with Gasteiger partial charge in [0.15, 0.2) is 0 Å². The first-order valence-corrected chi connectivity index (χ1v) is 7.49. The van der Waals surface area contributed by atoms with E-state index in [9.17, 15) is 4.79 Å². The molecule has 2 aromatic rings. The Kier molecular flexibility index (Phi) is 4.00. The van der Waals surface area contributed by atoms with E-state index in [0.717, 1.165) is 42.6 Å². The van der Waals surface area contributed by atoms with Crippen LogP contribution >= 0.6 is 0 Å². The van der Waals surface area contributed by atoms with Gasteiger partial charge in [-0.05, 0) is 37.3 Å². The summed E-state index contributed by atoms with van der Waals surface area (Å²) in [5.41, 5.74) is 3.63. The smallest absolute Gasteiger partial charge is 0.255 e. The van der Waals surface area contributed by atoms with Crippen molar-refractivity contribution in [2.45, 2.75) is 26.2 Å². The summed E-state index contributed by atoms with van der Waals surface area (Å²) in [6, 6.07) is 10.0. The lowest BCUT2D eigenvalue weighted by atomic mass is 9.98. The predicted octanol–water partition coefficient (Wildman–Crippen LogP) is 3.48. The highest BCUT2D eigenvalue weighted by molar-refractivity contribution is 5.97. The number of aromatic nitrogens is 1. The first-order chi connectivity index (χ1) is 10.3. The summed E-state index contributed by atoms with van der Waals surface area (Å²) in [5, 5.41) is 0. The number of hydrogen-bond donors (Lipinski definition) is 0. The molecule has 1 aromatic heterocycles. The van der Waals surface area contributed by atoms with Gasteiger partial charge in [-0.2, -0.15) is 0 Å². The fourth-order valence-corrected chi connectivity index (χ4v) is 2.85. The van der Waals surface area contributed by atoms with E-state index in [-0.39, 0.29) is 5.91 Å². The van der Waals surface area contributed by atoms with Crippen LogP contribution in [0.25, 0.3) is 11.1 Å². The van der Waals surface area contributed by atoms with E-state index in [4.69, 9.17) is 0 Å². The quantitative estimate of drug-likeness (QED) is 0.843. The largest absolute Gasteiger partial charge is 0.339 e. The second-order valence-electron chi connectivity index (χ2n) is 5.50. The number of pyridine rings is 1. The van der Waals surface area contributed by atoms with Gasteiger partial charge in [-0.3, -0.25) is 9.78 Å². The van der Waals surface area contributed by atoms with E-state index in [1.54, 1.807) is 6.20 Å². The molecule has 3 rings (SSSR count). The summed E-state index contributed by atoms with van der Waals surface area (Å²) in [6.45, 7) is 3.70. The Hall–Kier alpha value is -2.16. The fraction of sp³-hybridized carbons (Fsp3) is 0.333. The molecule has 1 aromatic carbocycles. The highest BCUT2D eigenvalue weighted by Crippen LogP contribution is 2.25. The van der Waals surface area contributed by atoms with Crippen molar-refractivity contribution in [1.82, 2.24) is 9.88 Å². The van der Waals surface area contributed by atoms with Crippen molar-refractivity contribution in [3.63, 3.8) is 0 Å². The Morgan fingerprint density at radius 3 is 2.57 bits per heavy atom. The molecule has 0 saturated carbocycles. The van der Waals surface area contributed by atoms with E-state index >= 15 is 0 Å². The third-order valence-corrected chi connectivity index (χ3v) is 4.09. The van der Waals surface area contributed by atoms with Gasteiger partial charge in [0.1, 0.15) is 0 Å². The van der Waals surface area contributed by atoms with Crippen LogP contribution in [0, 0.1) is 13.1 Å². The molecular formula is C18H19N2O. The molecule has 1 fully saturated rings. The molecule has 0 atom stereocenters. The Balaban J connectivity index is 1.95. The van der Waals surface area contributed by atoms with Crippen LogP contribution in [0.4, 0.5) is 0 Å². The molecule has 2 heterocycles. The van der Waals surface area contributed by atoms with Gasteiger partial charge in [0.2, 0.25) is 0 Å². The molecule has 107 valence electrons. The third-order valence-electron chi connectivity index (χ3n) is 4.09. The number of rotatable bonds is 2. The molecule has 1 amide bonds. The van der Waals surface area contributed by atoms with E-state index in [1.165, 1.54) is 6.42 Å². The molecule has 3 nitrogen and oxygen atoms in total. The number of carbonyl (C=O) groups is 1. The molecule has 0 aliphatic carbocycles. The van der Waals surface area contributed by atoms with Crippen LogP contribution in [0.3, 0.4) is 0 Å². The van der Waals surface area contributed by atoms with Crippen LogP contribution < -0.4 is 0 Å². The van der Waals surface area contributed by atoms with E-state index in [0.29, 0.717) is 5.56 Å². The van der Waals surface area contributed by atoms with Crippen molar-refractivity contribution in [2.75, 3.05) is 13.1 Å². The number of likely N-dealkylation sites (tertiary alicyclic amines) is 1. The Morgan fingerprint density at radius 2 is 1.86 bits per heavy atom. The molecule has 1 radical (unpaired) electrons. The van der Waals surface area contributed by atoms with Crippen LogP contribution in [0.2, 0.25) is 0 Å². The summed E-state index contributed by atoms with van der Waals surface area (Å²) >= 11 is 0. The van der Waals surface area contributed by atoms with Crippen molar-refractivity contribution in [3.05, 3.63) is 53.9 Å². The van der Waals surface area contributed by atoms with Crippen molar-refractivity contribution in [1.29, 1.82) is 0 Å². The highest BCUT2D eigenvalue weighted by Gasteiger charge is 2.21. The molecule has 1 aliphatic heterocycles. The van der Waals surface area contributed by atoms with Gasteiger partial charge in [0.25, 0.3) is 5.91 Å². The molecule has 21 heavy (non-hydrogen) atoms. The maximum Gasteiger partial charge on any atom is 0.255 e. The van der Waals surface area contributed by atoms with Gasteiger partial charge in [-0.25, -0.2) is 0 Å². The highest BCUT2D eigenvalue weighted by atomic mass is 16.2. The second kappa shape index (κ2) is 6.08. The van der Waals surface area contributed by atoms with Crippen LogP contribution in [0.1, 0.15) is 35.2 Å². The zero-order valence-corrected chi connectivity index (χ0v) is 12.3. The Bertz CT molecular complexity index is 631. The number of hydrogen-bond acceptors (Lipinski definition) is 2. The molecule has 0 spiro atoms. The topological polar surface area (TPSA) is 33.2 Å². The average Bonchev–Trinajstić information content (AvgIpc) is 2.56. The van der Waals surface area contributed by atoms with Crippen LogP contribution in [-0.2, 0) is 0 Å². The standard InChI is InChI=1S/C18H19N2O/c1-14-16(15-8-4-2-5-9-15)12-19-13-17(14)18(21)20-10-6-3-7-11-20/h2,4-5,8-9,13H,3,6-7,10-11H2,1H3. The van der Waals surface area contributed by atoms with Gasteiger partial charge >= 0.3 is 0 Å². The van der Waals surface area contributed by atoms with Crippen molar-refractivity contribution in [3.8, 4) is 11.1 Å². The Morgan fingerprint density at radius 1 is 1.14 bits per heavy atom. The molecule has 1 saturated heterocycles. The van der Waals surface area contributed by atoms with Gasteiger partial charge in [-0.15, -0.1) is 0 Å². The first-order valence-electron chi connectivity index (χ1n) is 7.49. The summed E-state index contributed by atoms with van der Waals surface area (Å²) in [6.07, 6.45) is 8.10. The molecule has 1 aliphatic rings. The molecular weight excluding hydrogens is 260 g/mol.